The first kappa shape index (κ1) is 74.2. The molecule has 3 unspecified atom stereocenters. The van der Waals surface area contributed by atoms with Crippen LogP contribution in [0, 0.1) is 0 Å². The molecule has 8 nitrogen and oxygen atoms in total. The minimum atomic E-state index is -4.60. The minimum absolute atomic E-state index is 0.00293. The number of aliphatic hydroxyl groups is 1. The van der Waals surface area contributed by atoms with Gasteiger partial charge in [0.15, 0.2) is 0 Å². The first-order valence-electron chi connectivity index (χ1n) is 33.6. The van der Waals surface area contributed by atoms with Gasteiger partial charge in [0.05, 0.1) is 39.9 Å². The number of unbranched alkanes of at least 4 members (excludes halogenated alkanes) is 50. The molecule has 0 heterocycles. The van der Waals surface area contributed by atoms with Crippen molar-refractivity contribution in [2.75, 3.05) is 40.9 Å². The first-order chi connectivity index (χ1) is 36.5. The monoisotopic (exact) mass is 1080 g/mol. The van der Waals surface area contributed by atoms with Crippen LogP contribution < -0.4 is 10.2 Å². The van der Waals surface area contributed by atoms with Gasteiger partial charge in [-0.3, -0.25) is 9.36 Å². The van der Waals surface area contributed by atoms with Crippen LogP contribution in [0.1, 0.15) is 354 Å². The van der Waals surface area contributed by atoms with Crippen molar-refractivity contribution in [3.05, 3.63) is 12.2 Å². The maximum absolute atomic E-state index is 13.0. The largest absolute Gasteiger partial charge is 0.756 e. The molecule has 0 aliphatic rings. The Morgan fingerprint density at radius 3 is 1.00 bits per heavy atom. The standard InChI is InChI=1S/C66H133N2O6P/c1-6-8-10-12-14-16-18-20-22-24-26-28-30-31-32-33-34-35-36-38-40-42-44-46-48-50-52-54-56-58-60-66(70)67-64(63-74-75(71,72)73-62-61-68(3,4)5)65(69)59-57-55-53-51-49-47-45-43-41-39-37-29-27-25-23-21-19-17-15-13-11-9-7-2/h57,59,64-65,69H,6-56,58,60-63H2,1-5H3,(H-,67,70,71,72)/b59-57+. The zero-order valence-electron chi connectivity index (χ0n) is 51.3. The lowest BCUT2D eigenvalue weighted by Gasteiger charge is -2.29. The fraction of sp³-hybridized carbons (Fsp3) is 0.955. The van der Waals surface area contributed by atoms with Crippen molar-refractivity contribution in [2.24, 2.45) is 0 Å². The summed E-state index contributed by atoms with van der Waals surface area (Å²) in [5, 5.41) is 14.0. The third-order valence-corrected chi connectivity index (χ3v) is 16.7. The van der Waals surface area contributed by atoms with Crippen LogP contribution in [0.15, 0.2) is 12.2 Å². The fourth-order valence-electron chi connectivity index (χ4n) is 10.5. The van der Waals surface area contributed by atoms with E-state index >= 15 is 0 Å². The molecule has 0 radical (unpaired) electrons. The van der Waals surface area contributed by atoms with E-state index in [0.717, 1.165) is 38.5 Å². The third kappa shape index (κ3) is 60.7. The van der Waals surface area contributed by atoms with Gasteiger partial charge >= 0.3 is 0 Å². The first-order valence-corrected chi connectivity index (χ1v) is 35.0. The molecule has 0 rings (SSSR count). The van der Waals surface area contributed by atoms with Crippen LogP contribution in [0.5, 0.6) is 0 Å². The van der Waals surface area contributed by atoms with E-state index in [2.05, 4.69) is 19.2 Å². The number of hydrogen-bond donors (Lipinski definition) is 2. The molecule has 0 fully saturated rings. The van der Waals surface area contributed by atoms with Crippen LogP contribution in [0.2, 0.25) is 0 Å². The van der Waals surface area contributed by atoms with Gasteiger partial charge in [-0.15, -0.1) is 0 Å². The van der Waals surface area contributed by atoms with Gasteiger partial charge in [0.25, 0.3) is 7.82 Å². The van der Waals surface area contributed by atoms with E-state index in [1.807, 2.05) is 27.2 Å². The van der Waals surface area contributed by atoms with Crippen molar-refractivity contribution < 1.29 is 32.9 Å². The van der Waals surface area contributed by atoms with Crippen LogP contribution in [0.4, 0.5) is 0 Å². The molecule has 1 amide bonds. The van der Waals surface area contributed by atoms with Crippen LogP contribution in [0.3, 0.4) is 0 Å². The predicted molar refractivity (Wildman–Crippen MR) is 326 cm³/mol. The predicted octanol–water partition coefficient (Wildman–Crippen LogP) is 20.3. The van der Waals surface area contributed by atoms with Crippen LogP contribution in [-0.2, 0) is 18.4 Å². The Bertz CT molecular complexity index is 1230. The number of likely N-dealkylation sites (N-methyl/N-ethyl adjacent to an activating group) is 1. The highest BCUT2D eigenvalue weighted by atomic mass is 31.2. The Hall–Kier alpha value is -0.760. The number of quaternary nitrogens is 1. The van der Waals surface area contributed by atoms with Gasteiger partial charge < -0.3 is 28.8 Å². The number of hydrogen-bond acceptors (Lipinski definition) is 6. The van der Waals surface area contributed by atoms with Gasteiger partial charge in [-0.2, -0.15) is 0 Å². The van der Waals surface area contributed by atoms with Gasteiger partial charge in [0.2, 0.25) is 5.91 Å². The Labute approximate surface area is 469 Å². The summed E-state index contributed by atoms with van der Waals surface area (Å²) in [4.78, 5) is 25.6. The van der Waals surface area contributed by atoms with Gasteiger partial charge in [0, 0.05) is 6.42 Å². The molecule has 0 aromatic rings. The highest BCUT2D eigenvalue weighted by Crippen LogP contribution is 2.38. The average molecular weight is 1080 g/mol. The van der Waals surface area contributed by atoms with Gasteiger partial charge in [-0.05, 0) is 19.3 Å². The lowest BCUT2D eigenvalue weighted by atomic mass is 10.0. The normalized spacial score (nSPS) is 13.7. The van der Waals surface area contributed by atoms with E-state index < -0.39 is 20.0 Å². The minimum Gasteiger partial charge on any atom is -0.756 e. The Morgan fingerprint density at radius 1 is 0.453 bits per heavy atom. The molecule has 0 aliphatic heterocycles. The topological polar surface area (TPSA) is 108 Å². The SMILES string of the molecule is CCCCCCCCCCCCCCCCCCCCCCC/C=C/C(O)C(COP(=O)([O-])OCC[N+](C)(C)C)NC(=O)CCCCCCCCCCCCCCCCCCCCCCCCCCCCCCCC. The molecule has 0 saturated heterocycles. The molecule has 0 aromatic carbocycles. The second kappa shape index (κ2) is 57.9. The highest BCUT2D eigenvalue weighted by Gasteiger charge is 2.23. The Balaban J connectivity index is 4.04. The molecule has 0 aromatic heterocycles. The van der Waals surface area contributed by atoms with Crippen LogP contribution >= 0.6 is 7.82 Å². The number of carbonyl (C=O) groups is 1. The average Bonchev–Trinajstić information content (AvgIpc) is 3.37. The van der Waals surface area contributed by atoms with E-state index in [0.29, 0.717) is 17.4 Å². The Kier molecular flexibility index (Phi) is 57.3. The summed E-state index contributed by atoms with van der Waals surface area (Å²) in [7, 11) is 1.28. The van der Waals surface area contributed by atoms with Crippen molar-refractivity contribution in [3.63, 3.8) is 0 Å². The fourth-order valence-corrected chi connectivity index (χ4v) is 11.2. The molecule has 9 heteroatoms. The second-order valence-corrected chi connectivity index (χ2v) is 26.0. The molecule has 0 spiro atoms. The molecule has 75 heavy (non-hydrogen) atoms. The number of rotatable bonds is 63. The zero-order valence-corrected chi connectivity index (χ0v) is 52.2. The zero-order chi connectivity index (χ0) is 54.9. The molecule has 0 saturated carbocycles. The molecule has 0 aliphatic carbocycles. The highest BCUT2D eigenvalue weighted by molar-refractivity contribution is 7.45. The third-order valence-electron chi connectivity index (χ3n) is 15.7. The molecule has 448 valence electrons. The lowest BCUT2D eigenvalue weighted by molar-refractivity contribution is -0.870. The molecule has 0 bridgehead atoms. The number of phosphoric ester groups is 1. The summed E-state index contributed by atoms with van der Waals surface area (Å²) in [5.74, 6) is -0.188. The van der Waals surface area contributed by atoms with Crippen molar-refractivity contribution in [3.8, 4) is 0 Å². The molecular weight excluding hydrogens is 948 g/mol. The van der Waals surface area contributed by atoms with Gasteiger partial charge in [-0.25, -0.2) is 0 Å². The van der Waals surface area contributed by atoms with E-state index in [1.54, 1.807) is 6.08 Å². The molecule has 2 N–H and O–H groups in total. The summed E-state index contributed by atoms with van der Waals surface area (Å²) in [6, 6.07) is -0.883. The Morgan fingerprint density at radius 2 is 0.720 bits per heavy atom. The summed E-state index contributed by atoms with van der Waals surface area (Å²) >= 11 is 0. The number of phosphoric acid groups is 1. The quantitative estimate of drug-likeness (QED) is 0.0272. The number of carbonyl (C=O) groups excluding carboxylic acids is 1. The number of aliphatic hydroxyl groups excluding tert-OH is 1. The van der Waals surface area contributed by atoms with Crippen molar-refractivity contribution in [2.45, 2.75) is 366 Å². The molecule has 3 atom stereocenters. The maximum atomic E-state index is 13.0. The molecular formula is C66H133N2O6P. The smallest absolute Gasteiger partial charge is 0.268 e. The number of nitrogens with one attached hydrogen (secondary N) is 1. The number of amides is 1. The van der Waals surface area contributed by atoms with Crippen LogP contribution in [-0.4, -0.2) is 68.5 Å². The van der Waals surface area contributed by atoms with Crippen molar-refractivity contribution in [1.82, 2.24) is 5.32 Å². The summed E-state index contributed by atoms with van der Waals surface area (Å²) in [6.07, 6.45) is 73.2. The van der Waals surface area contributed by atoms with E-state index in [1.165, 1.54) is 295 Å². The van der Waals surface area contributed by atoms with Crippen molar-refractivity contribution in [1.29, 1.82) is 0 Å². The summed E-state index contributed by atoms with van der Waals surface area (Å²) < 4.78 is 23.4. The second-order valence-electron chi connectivity index (χ2n) is 24.5. The van der Waals surface area contributed by atoms with Crippen LogP contribution in [0.25, 0.3) is 0 Å². The van der Waals surface area contributed by atoms with E-state index in [4.69, 9.17) is 9.05 Å². The van der Waals surface area contributed by atoms with Crippen molar-refractivity contribution >= 4 is 13.7 Å². The summed E-state index contributed by atoms with van der Waals surface area (Å²) in [5.41, 5.74) is 0. The maximum Gasteiger partial charge on any atom is 0.268 e. The van der Waals surface area contributed by atoms with Gasteiger partial charge in [0.1, 0.15) is 13.2 Å². The lowest BCUT2D eigenvalue weighted by Crippen LogP contribution is -2.45. The number of allylic oxidation sites excluding steroid dienone is 1. The van der Waals surface area contributed by atoms with E-state index in [9.17, 15) is 19.4 Å². The van der Waals surface area contributed by atoms with Gasteiger partial charge in [-0.1, -0.05) is 341 Å². The van der Waals surface area contributed by atoms with E-state index in [-0.39, 0.29) is 19.1 Å². The summed E-state index contributed by atoms with van der Waals surface area (Å²) in [6.45, 7) is 4.72. The number of nitrogens with zero attached hydrogens (tertiary/aromatic N) is 1.